The van der Waals surface area contributed by atoms with Gasteiger partial charge in [-0.15, -0.1) is 0 Å². The van der Waals surface area contributed by atoms with Gasteiger partial charge < -0.3 is 61.5 Å². The van der Waals surface area contributed by atoms with E-state index in [0.29, 0.717) is 19.3 Å². The predicted molar refractivity (Wildman–Crippen MR) is 286 cm³/mol. The Balaban J connectivity index is -0.00000332. The highest BCUT2D eigenvalue weighted by Crippen LogP contribution is 2.15. The molecular formula is C53H103FN6O14. The predicted octanol–water partition coefficient (Wildman–Crippen LogP) is 6.82. The lowest BCUT2D eigenvalue weighted by Gasteiger charge is -2.15. The quantitative estimate of drug-likeness (QED) is 0.0229. The van der Waals surface area contributed by atoms with Crippen LogP contribution in [-0.2, 0) is 57.3 Å². The number of carbonyl (C=O) groups is 8. The fraction of sp³-hybridized carbons (Fsp3) is 0.849. The van der Waals surface area contributed by atoms with Gasteiger partial charge in [-0.05, 0) is 45.4 Å². The Kier molecular flexibility index (Phi) is 61.3. The van der Waals surface area contributed by atoms with Crippen LogP contribution in [-0.4, -0.2) is 148 Å². The molecule has 0 rings (SSSR count). The number of nitrogens with two attached hydrogens (primary N) is 1. The summed E-state index contributed by atoms with van der Waals surface area (Å²) in [7, 11) is 0. The van der Waals surface area contributed by atoms with Crippen molar-refractivity contribution in [3.8, 4) is 0 Å². The Hall–Kier alpha value is -4.31. The molecule has 21 heteroatoms. The lowest BCUT2D eigenvalue weighted by Crippen LogP contribution is -2.46. The number of carboxylic acid groups (broad SMARTS) is 2. The molecule has 0 saturated heterocycles. The number of ether oxygens (including phenoxy) is 4. The number of carbonyl (C=O) groups excluding carboxylic acids is 6. The number of carboxylic acids is 2. The first-order chi connectivity index (χ1) is 35.6. The highest BCUT2D eigenvalue weighted by Gasteiger charge is 2.22. The first kappa shape index (κ1) is 76.2. The number of unbranched alkanes of at least 4 members (excludes halogenated alkanes) is 16. The average molecular weight is 1070 g/mol. The molecule has 0 aromatic heterocycles. The minimum atomic E-state index is -1.65. The highest BCUT2D eigenvalue weighted by atomic mass is 19.1. The Morgan fingerprint density at radius 1 is 0.459 bits per heavy atom. The van der Waals surface area contributed by atoms with Crippen LogP contribution in [0.3, 0.4) is 0 Å². The molecule has 0 aliphatic rings. The molecule has 0 bridgehead atoms. The van der Waals surface area contributed by atoms with Crippen molar-refractivity contribution in [2.24, 2.45) is 5.73 Å². The van der Waals surface area contributed by atoms with Gasteiger partial charge in [-0.1, -0.05) is 138 Å². The SMILES string of the molecule is CC.CC.CC(N)C(=O)NC(CCCCNC(=O)COCCOCCNC(=O)COCCOCCNC(=O)CCC(NC(=O)CCCCCCCCCCCCCCCCCCC(=O)O)C(=O)O)C(=O)F.CCC. The van der Waals surface area contributed by atoms with Crippen molar-refractivity contribution < 1.29 is 71.9 Å². The van der Waals surface area contributed by atoms with Gasteiger partial charge in [-0.2, -0.15) is 4.39 Å². The molecule has 0 fully saturated rings. The van der Waals surface area contributed by atoms with E-state index in [4.69, 9.17) is 29.8 Å². The van der Waals surface area contributed by atoms with Crippen LogP contribution in [0.4, 0.5) is 4.39 Å². The van der Waals surface area contributed by atoms with E-state index in [9.17, 15) is 47.9 Å². The lowest BCUT2D eigenvalue weighted by atomic mass is 10.0. The zero-order valence-electron chi connectivity index (χ0n) is 46.7. The molecule has 9 N–H and O–H groups in total. The van der Waals surface area contributed by atoms with E-state index < -0.39 is 42.0 Å². The number of halogens is 1. The van der Waals surface area contributed by atoms with Crippen LogP contribution in [0.1, 0.15) is 203 Å². The zero-order chi connectivity index (χ0) is 56.5. The van der Waals surface area contributed by atoms with Gasteiger partial charge in [0, 0.05) is 38.9 Å². The van der Waals surface area contributed by atoms with Gasteiger partial charge in [0.2, 0.25) is 29.5 Å². The van der Waals surface area contributed by atoms with Crippen molar-refractivity contribution >= 4 is 47.5 Å². The molecule has 20 nitrogen and oxygen atoms in total. The Labute approximate surface area is 443 Å². The van der Waals surface area contributed by atoms with Gasteiger partial charge >= 0.3 is 18.0 Å². The Morgan fingerprint density at radius 3 is 1.26 bits per heavy atom. The summed E-state index contributed by atoms with van der Waals surface area (Å²) in [6.45, 7) is 15.0. The minimum absolute atomic E-state index is 0.0382. The molecule has 74 heavy (non-hydrogen) atoms. The van der Waals surface area contributed by atoms with Crippen LogP contribution in [0.15, 0.2) is 0 Å². The topological polar surface area (TPSA) is 300 Å². The fourth-order valence-corrected chi connectivity index (χ4v) is 6.57. The van der Waals surface area contributed by atoms with E-state index in [1.807, 2.05) is 27.7 Å². The van der Waals surface area contributed by atoms with Crippen LogP contribution in [0.5, 0.6) is 0 Å². The summed E-state index contributed by atoms with van der Waals surface area (Å²) in [5.74, 6) is -3.94. The third-order valence-electron chi connectivity index (χ3n) is 10.4. The van der Waals surface area contributed by atoms with Crippen LogP contribution >= 0.6 is 0 Å². The first-order valence-electron chi connectivity index (χ1n) is 27.7. The monoisotopic (exact) mass is 1070 g/mol. The van der Waals surface area contributed by atoms with Gasteiger partial charge in [0.15, 0.2) is 0 Å². The lowest BCUT2D eigenvalue weighted by molar-refractivity contribution is -0.142. The van der Waals surface area contributed by atoms with Crippen molar-refractivity contribution in [2.45, 2.75) is 221 Å². The van der Waals surface area contributed by atoms with Crippen LogP contribution in [0.2, 0.25) is 0 Å². The maximum atomic E-state index is 13.1. The van der Waals surface area contributed by atoms with E-state index in [1.54, 1.807) is 0 Å². The normalized spacial score (nSPS) is 11.6. The maximum absolute atomic E-state index is 13.1. The summed E-state index contributed by atoms with van der Waals surface area (Å²) >= 11 is 0. The largest absolute Gasteiger partial charge is 0.481 e. The second kappa shape index (κ2) is 59.6. The van der Waals surface area contributed by atoms with E-state index >= 15 is 0 Å². The summed E-state index contributed by atoms with van der Waals surface area (Å²) in [5, 5.41) is 30.9. The third-order valence-corrected chi connectivity index (χ3v) is 10.4. The molecular weight excluding hydrogens is 964 g/mol. The van der Waals surface area contributed by atoms with Crippen molar-refractivity contribution in [3.63, 3.8) is 0 Å². The van der Waals surface area contributed by atoms with Crippen molar-refractivity contribution in [3.05, 3.63) is 0 Å². The van der Waals surface area contributed by atoms with E-state index in [1.165, 1.54) is 71.1 Å². The minimum Gasteiger partial charge on any atom is -0.481 e. The molecule has 0 heterocycles. The first-order valence-corrected chi connectivity index (χ1v) is 27.7. The molecule has 436 valence electrons. The van der Waals surface area contributed by atoms with Gasteiger partial charge in [0.05, 0.1) is 45.7 Å². The number of aliphatic carboxylic acids is 2. The number of rotatable bonds is 48. The molecule has 0 aromatic carbocycles. The molecule has 0 saturated carbocycles. The summed E-state index contributed by atoms with van der Waals surface area (Å²) < 4.78 is 34.4. The van der Waals surface area contributed by atoms with Crippen molar-refractivity contribution in [1.29, 1.82) is 0 Å². The Bertz CT molecular complexity index is 1400. The maximum Gasteiger partial charge on any atom is 0.326 e. The molecule has 0 aliphatic heterocycles. The zero-order valence-corrected chi connectivity index (χ0v) is 46.7. The molecule has 0 aromatic rings. The van der Waals surface area contributed by atoms with Gasteiger partial charge in [-0.25, -0.2) is 4.79 Å². The highest BCUT2D eigenvalue weighted by molar-refractivity contribution is 5.87. The molecule has 0 radical (unpaired) electrons. The second-order valence-electron chi connectivity index (χ2n) is 17.3. The van der Waals surface area contributed by atoms with Gasteiger partial charge in [-0.3, -0.25) is 33.6 Å². The van der Waals surface area contributed by atoms with Gasteiger partial charge in [0.25, 0.3) is 0 Å². The van der Waals surface area contributed by atoms with Crippen LogP contribution in [0.25, 0.3) is 0 Å². The molecule has 3 atom stereocenters. The third kappa shape index (κ3) is 58.6. The van der Waals surface area contributed by atoms with Crippen molar-refractivity contribution in [2.75, 3.05) is 72.5 Å². The summed E-state index contributed by atoms with van der Waals surface area (Å²) in [6.07, 6.45) is 20.3. The summed E-state index contributed by atoms with van der Waals surface area (Å²) in [5.41, 5.74) is 5.41. The summed E-state index contributed by atoms with van der Waals surface area (Å²) in [4.78, 5) is 93.2. The van der Waals surface area contributed by atoms with Crippen LogP contribution in [0, 0.1) is 0 Å². The molecule has 3 unspecified atom stereocenters. The second-order valence-corrected chi connectivity index (χ2v) is 17.3. The number of hydrogen-bond acceptors (Lipinski definition) is 13. The smallest absolute Gasteiger partial charge is 0.326 e. The van der Waals surface area contributed by atoms with E-state index in [-0.39, 0.29) is 128 Å². The molecule has 0 aliphatic carbocycles. The standard InChI is InChI=1S/C46H83FN6O14.C3H8.2C2H6/c1-36(48)45(61)53-37(44(47)60)20-18-19-25-49-41(56)34-66-32-31-65-29-27-51-42(57)35-67-33-30-64-28-26-50-39(54)24-23-38(46(62)63)52-40(55)21-16-14-12-10-8-6-4-2-3-5-7-9-11-13-15-17-22-43(58)59;1-3-2;2*1-2/h36-38H,2-35,48H2,1H3,(H,49,56)(H,50,54)(H,51,57)(H,52,55)(H,53,61)(H,58,59)(H,62,63);3H2,1-2H3;2*1-2H3. The average Bonchev–Trinajstić information content (AvgIpc) is 3.36. The van der Waals surface area contributed by atoms with Crippen LogP contribution < -0.4 is 32.3 Å². The molecule has 0 spiro atoms. The number of amides is 5. The molecule has 5 amide bonds. The summed E-state index contributed by atoms with van der Waals surface area (Å²) in [6, 6.07) is -4.94. The van der Waals surface area contributed by atoms with E-state index in [2.05, 4.69) is 40.4 Å². The van der Waals surface area contributed by atoms with E-state index in [0.717, 1.165) is 38.5 Å². The fourth-order valence-electron chi connectivity index (χ4n) is 6.57. The van der Waals surface area contributed by atoms with Crippen molar-refractivity contribution in [1.82, 2.24) is 26.6 Å². The van der Waals surface area contributed by atoms with Gasteiger partial charge in [0.1, 0.15) is 25.3 Å². The number of hydrogen-bond donors (Lipinski definition) is 8. The Morgan fingerprint density at radius 2 is 0.851 bits per heavy atom. The number of nitrogens with one attached hydrogen (secondary N) is 5.